The van der Waals surface area contributed by atoms with E-state index in [1.807, 2.05) is 4.57 Å². The van der Waals surface area contributed by atoms with Crippen molar-refractivity contribution >= 4 is 17.7 Å². The maximum absolute atomic E-state index is 10.7. The third-order valence-electron chi connectivity index (χ3n) is 2.51. The van der Waals surface area contributed by atoms with Crippen LogP contribution in [0.1, 0.15) is 39.9 Å². The normalized spacial score (nSPS) is 11.8. The lowest BCUT2D eigenvalue weighted by Gasteiger charge is -2.24. The lowest BCUT2D eigenvalue weighted by molar-refractivity contribution is -0.133. The first-order valence-corrected chi connectivity index (χ1v) is 7.72. The molecule has 0 aromatic carbocycles. The number of hydrogen-bond acceptors (Lipinski definition) is 5. The van der Waals surface area contributed by atoms with Gasteiger partial charge in [0.05, 0.1) is 12.4 Å². The molecule has 0 radical (unpaired) electrons. The summed E-state index contributed by atoms with van der Waals surface area (Å²) in [7, 11) is 0. The smallest absolute Gasteiger partial charge is 0.313 e. The van der Waals surface area contributed by atoms with E-state index in [1.54, 1.807) is 0 Å². The maximum atomic E-state index is 10.7. The van der Waals surface area contributed by atoms with E-state index in [-0.39, 0.29) is 11.3 Å². The number of aliphatic carboxylic acids is 1. The van der Waals surface area contributed by atoms with Crippen LogP contribution in [-0.4, -0.2) is 44.8 Å². The fourth-order valence-electron chi connectivity index (χ4n) is 1.77. The fourth-order valence-corrected chi connectivity index (χ4v) is 2.63. The minimum Gasteiger partial charge on any atom is -0.481 e. The van der Waals surface area contributed by atoms with E-state index in [9.17, 15) is 4.79 Å². The Hall–Kier alpha value is -1.08. The largest absolute Gasteiger partial charge is 0.481 e. The maximum Gasteiger partial charge on any atom is 0.313 e. The van der Waals surface area contributed by atoms with Gasteiger partial charge in [0.1, 0.15) is 5.82 Å². The average Bonchev–Trinajstić information content (AvgIpc) is 2.75. The van der Waals surface area contributed by atoms with Crippen molar-refractivity contribution in [3.8, 4) is 0 Å². The highest BCUT2D eigenvalue weighted by molar-refractivity contribution is 7.99. The molecule has 1 heterocycles. The first-order valence-electron chi connectivity index (χ1n) is 6.73. The van der Waals surface area contributed by atoms with Crippen LogP contribution in [-0.2, 0) is 21.5 Å². The number of rotatable bonds is 8. The number of thioether (sulfide) groups is 1. The summed E-state index contributed by atoms with van der Waals surface area (Å²) in [5.41, 5.74) is -0.190. The fraction of sp³-hybridized carbons (Fsp3) is 0.769. The highest BCUT2D eigenvalue weighted by atomic mass is 32.2. The lowest BCUT2D eigenvalue weighted by Crippen LogP contribution is -2.26. The van der Waals surface area contributed by atoms with E-state index >= 15 is 0 Å². The van der Waals surface area contributed by atoms with Gasteiger partial charge < -0.3 is 14.4 Å². The summed E-state index contributed by atoms with van der Waals surface area (Å²) in [5, 5.41) is 17.7. The molecule has 0 aliphatic carbocycles. The van der Waals surface area contributed by atoms with Crippen molar-refractivity contribution in [2.24, 2.45) is 0 Å². The molecule has 0 bridgehead atoms. The second-order valence-electron chi connectivity index (χ2n) is 5.45. The molecule has 0 fully saturated rings. The van der Waals surface area contributed by atoms with Gasteiger partial charge in [-0.3, -0.25) is 4.79 Å². The highest BCUT2D eigenvalue weighted by Gasteiger charge is 2.23. The van der Waals surface area contributed by atoms with Crippen LogP contribution in [0.25, 0.3) is 0 Å². The molecule has 0 saturated heterocycles. The van der Waals surface area contributed by atoms with Crippen LogP contribution in [0.4, 0.5) is 0 Å². The van der Waals surface area contributed by atoms with E-state index in [0.717, 1.165) is 18.9 Å². The van der Waals surface area contributed by atoms with Gasteiger partial charge in [-0.2, -0.15) is 0 Å². The summed E-state index contributed by atoms with van der Waals surface area (Å²) in [6.45, 7) is 9.57. The van der Waals surface area contributed by atoms with Crippen LogP contribution in [0.15, 0.2) is 5.16 Å². The van der Waals surface area contributed by atoms with E-state index in [4.69, 9.17) is 9.84 Å². The Labute approximate surface area is 123 Å². The van der Waals surface area contributed by atoms with Crippen molar-refractivity contribution in [3.05, 3.63) is 5.82 Å². The van der Waals surface area contributed by atoms with Gasteiger partial charge in [0.15, 0.2) is 5.16 Å². The molecule has 1 N–H and O–H groups in total. The molecular weight excluding hydrogens is 278 g/mol. The molecule has 7 heteroatoms. The molecule has 0 amide bonds. The van der Waals surface area contributed by atoms with Crippen LogP contribution in [0.2, 0.25) is 0 Å². The topological polar surface area (TPSA) is 77.2 Å². The second-order valence-corrected chi connectivity index (χ2v) is 6.39. The van der Waals surface area contributed by atoms with Crippen molar-refractivity contribution in [2.45, 2.75) is 51.2 Å². The van der Waals surface area contributed by atoms with Crippen LogP contribution in [0.3, 0.4) is 0 Å². The van der Waals surface area contributed by atoms with Crippen molar-refractivity contribution in [1.29, 1.82) is 0 Å². The number of nitrogens with zero attached hydrogens (tertiary/aromatic N) is 3. The zero-order chi connectivity index (χ0) is 15.2. The van der Waals surface area contributed by atoms with E-state index < -0.39 is 5.97 Å². The van der Waals surface area contributed by atoms with Gasteiger partial charge >= 0.3 is 5.97 Å². The third kappa shape index (κ3) is 5.13. The summed E-state index contributed by atoms with van der Waals surface area (Å²) in [6, 6.07) is 0. The molecule has 6 nitrogen and oxygen atoms in total. The molecule has 0 spiro atoms. The van der Waals surface area contributed by atoms with Gasteiger partial charge in [0.25, 0.3) is 0 Å². The molecule has 0 aliphatic rings. The lowest BCUT2D eigenvalue weighted by atomic mass is 10.1. The zero-order valence-electron chi connectivity index (χ0n) is 12.5. The number of carboxylic acids is 1. The molecule has 20 heavy (non-hydrogen) atoms. The molecule has 0 saturated carbocycles. The minimum atomic E-state index is -0.855. The van der Waals surface area contributed by atoms with Crippen LogP contribution in [0.5, 0.6) is 0 Å². The Balaban J connectivity index is 2.81. The molecule has 1 aromatic rings. The second kappa shape index (κ2) is 7.64. The Morgan fingerprint density at radius 1 is 1.35 bits per heavy atom. The summed E-state index contributed by atoms with van der Waals surface area (Å²) < 4.78 is 7.48. The van der Waals surface area contributed by atoms with Gasteiger partial charge in [-0.05, 0) is 27.2 Å². The predicted molar refractivity (Wildman–Crippen MR) is 78.2 cm³/mol. The predicted octanol–water partition coefficient (Wildman–Crippen LogP) is 2.18. The van der Waals surface area contributed by atoms with Crippen LogP contribution >= 0.6 is 11.8 Å². The van der Waals surface area contributed by atoms with Crippen molar-refractivity contribution in [3.63, 3.8) is 0 Å². The number of hydrogen-bond donors (Lipinski definition) is 1. The van der Waals surface area contributed by atoms with Gasteiger partial charge in [0, 0.05) is 18.6 Å². The summed E-state index contributed by atoms with van der Waals surface area (Å²) in [4.78, 5) is 10.7. The monoisotopic (exact) mass is 301 g/mol. The molecule has 1 aromatic heterocycles. The molecule has 1 rings (SSSR count). The van der Waals surface area contributed by atoms with Gasteiger partial charge in [-0.25, -0.2) is 0 Å². The van der Waals surface area contributed by atoms with E-state index in [1.165, 1.54) is 11.8 Å². The molecular formula is C13H23N3O3S. The number of aromatic nitrogens is 3. The third-order valence-corrected chi connectivity index (χ3v) is 3.43. The van der Waals surface area contributed by atoms with Crippen molar-refractivity contribution < 1.29 is 14.6 Å². The Bertz CT molecular complexity index is 441. The van der Waals surface area contributed by atoms with Crippen LogP contribution < -0.4 is 0 Å². The van der Waals surface area contributed by atoms with E-state index in [2.05, 4.69) is 37.9 Å². The SMILES string of the molecule is CCCOCCc1nnc(SCC(=O)O)n1C(C)(C)C. The molecule has 0 unspecified atom stereocenters. The van der Waals surface area contributed by atoms with Gasteiger partial charge in [-0.1, -0.05) is 18.7 Å². The van der Waals surface area contributed by atoms with E-state index in [0.29, 0.717) is 18.2 Å². The highest BCUT2D eigenvalue weighted by Crippen LogP contribution is 2.25. The minimum absolute atomic E-state index is 0.0133. The first-order chi connectivity index (χ1) is 9.36. The molecule has 114 valence electrons. The summed E-state index contributed by atoms with van der Waals surface area (Å²) in [6.07, 6.45) is 1.67. The Morgan fingerprint density at radius 3 is 2.60 bits per heavy atom. The standard InChI is InChI=1S/C13H23N3O3S/c1-5-7-19-8-6-10-14-15-12(20-9-11(17)18)16(10)13(2,3)4/h5-9H2,1-4H3,(H,17,18). The first kappa shape index (κ1) is 17.0. The number of carboxylic acid groups (broad SMARTS) is 1. The van der Waals surface area contributed by atoms with Gasteiger partial charge in [0.2, 0.25) is 0 Å². The Kier molecular flexibility index (Phi) is 6.48. The zero-order valence-corrected chi connectivity index (χ0v) is 13.4. The van der Waals surface area contributed by atoms with Crippen molar-refractivity contribution in [1.82, 2.24) is 14.8 Å². The quantitative estimate of drug-likeness (QED) is 0.586. The van der Waals surface area contributed by atoms with Crippen molar-refractivity contribution in [2.75, 3.05) is 19.0 Å². The number of carbonyl (C=O) groups is 1. The average molecular weight is 301 g/mol. The van der Waals surface area contributed by atoms with Crippen LogP contribution in [0, 0.1) is 0 Å². The van der Waals surface area contributed by atoms with Gasteiger partial charge in [-0.15, -0.1) is 10.2 Å². The Morgan fingerprint density at radius 2 is 2.05 bits per heavy atom. The molecule has 0 aliphatic heterocycles. The summed E-state index contributed by atoms with van der Waals surface area (Å²) >= 11 is 1.20. The summed E-state index contributed by atoms with van der Waals surface area (Å²) in [5.74, 6) is -0.0339. The molecule has 0 atom stereocenters. The number of ether oxygens (including phenoxy) is 1.